The lowest BCUT2D eigenvalue weighted by Crippen LogP contribution is -2.63. The van der Waals surface area contributed by atoms with E-state index in [1.165, 1.54) is 31.2 Å². The summed E-state index contributed by atoms with van der Waals surface area (Å²) in [4.78, 5) is 11.8. The zero-order valence-corrected chi connectivity index (χ0v) is 11.3. The number of phenols is 1. The molecule has 1 aromatic rings. The molecule has 1 aliphatic rings. The first-order valence-corrected chi connectivity index (χ1v) is 6.44. The van der Waals surface area contributed by atoms with E-state index in [1.807, 2.05) is 0 Å². The number of carbonyl (C=O) groups excluding carboxylic acids is 1. The number of phenolic OH excluding ortho intramolecular Hbond substituents is 1. The minimum absolute atomic E-state index is 0.0384. The number of nitrogens with one attached hydrogen (secondary N) is 2. The Hall–Kier alpha value is -1.71. The van der Waals surface area contributed by atoms with Gasteiger partial charge in [-0.2, -0.15) is 0 Å². The molecule has 1 heterocycles. The van der Waals surface area contributed by atoms with Gasteiger partial charge in [-0.3, -0.25) is 10.2 Å². The largest absolute Gasteiger partial charge is 0.508 e. The first-order chi connectivity index (χ1) is 9.90. The van der Waals surface area contributed by atoms with Crippen molar-refractivity contribution in [2.24, 2.45) is 0 Å². The molecule has 1 fully saturated rings. The molecule has 8 nitrogen and oxygen atoms in total. The van der Waals surface area contributed by atoms with Crippen LogP contribution in [0.15, 0.2) is 24.3 Å². The van der Waals surface area contributed by atoms with Gasteiger partial charge < -0.3 is 25.2 Å². The molecule has 1 aliphatic heterocycles. The Morgan fingerprint density at radius 3 is 2.33 bits per heavy atom. The Balaban J connectivity index is 1.93. The van der Waals surface area contributed by atoms with E-state index < -0.39 is 36.6 Å². The molecule has 0 unspecified atom stereocenters. The molecule has 116 valence electrons. The van der Waals surface area contributed by atoms with Crippen LogP contribution in [0.4, 0.5) is 0 Å². The number of carbonyl (C=O) groups is 1. The van der Waals surface area contributed by atoms with Crippen molar-refractivity contribution in [3.63, 3.8) is 0 Å². The molecule has 8 heteroatoms. The third kappa shape index (κ3) is 3.49. The number of aliphatic hydroxyl groups excluding tert-OH is 3. The fraction of sp³-hybridized carbons (Fsp3) is 0.462. The van der Waals surface area contributed by atoms with Gasteiger partial charge in [0.05, 0.1) is 6.10 Å². The number of aromatic hydroxyl groups is 1. The molecular formula is C13H18N2O6. The van der Waals surface area contributed by atoms with Crippen molar-refractivity contribution in [1.29, 1.82) is 0 Å². The summed E-state index contributed by atoms with van der Waals surface area (Å²) >= 11 is 0. The Morgan fingerprint density at radius 2 is 1.71 bits per heavy atom. The molecule has 0 aromatic heterocycles. The monoisotopic (exact) mass is 298 g/mol. The van der Waals surface area contributed by atoms with Gasteiger partial charge in [-0.15, -0.1) is 0 Å². The fourth-order valence-corrected chi connectivity index (χ4v) is 1.99. The molecule has 0 bridgehead atoms. The van der Waals surface area contributed by atoms with Crippen molar-refractivity contribution in [2.75, 3.05) is 0 Å². The van der Waals surface area contributed by atoms with Crippen molar-refractivity contribution in [3.8, 4) is 5.75 Å². The van der Waals surface area contributed by atoms with Gasteiger partial charge in [0, 0.05) is 5.56 Å². The van der Waals surface area contributed by atoms with Crippen molar-refractivity contribution in [2.45, 2.75) is 37.6 Å². The highest BCUT2D eigenvalue weighted by Crippen LogP contribution is 2.19. The first-order valence-electron chi connectivity index (χ1n) is 6.44. The third-order valence-electron chi connectivity index (χ3n) is 3.31. The molecule has 6 N–H and O–H groups in total. The van der Waals surface area contributed by atoms with Gasteiger partial charge in [-0.1, -0.05) is 0 Å². The topological polar surface area (TPSA) is 131 Å². The first kappa shape index (κ1) is 15.7. The van der Waals surface area contributed by atoms with E-state index in [0.717, 1.165) is 0 Å². The van der Waals surface area contributed by atoms with E-state index in [2.05, 4.69) is 10.9 Å². The van der Waals surface area contributed by atoms with Gasteiger partial charge in [0.15, 0.2) is 6.23 Å². The van der Waals surface area contributed by atoms with Crippen LogP contribution in [0.2, 0.25) is 0 Å². The van der Waals surface area contributed by atoms with Crippen LogP contribution in [0, 0.1) is 0 Å². The molecule has 1 saturated heterocycles. The van der Waals surface area contributed by atoms with Gasteiger partial charge in [0.2, 0.25) is 0 Å². The molecule has 0 saturated carbocycles. The van der Waals surface area contributed by atoms with Crippen molar-refractivity contribution < 1.29 is 30.0 Å². The number of ether oxygens (including phenoxy) is 1. The number of hydrogen-bond donors (Lipinski definition) is 6. The van der Waals surface area contributed by atoms with Gasteiger partial charge in [-0.25, -0.2) is 5.43 Å². The number of amides is 1. The Morgan fingerprint density at radius 1 is 1.10 bits per heavy atom. The van der Waals surface area contributed by atoms with Crippen molar-refractivity contribution in [1.82, 2.24) is 10.9 Å². The van der Waals surface area contributed by atoms with Crippen LogP contribution in [0.5, 0.6) is 5.75 Å². The average Bonchev–Trinajstić information content (AvgIpc) is 2.48. The standard InChI is InChI=1S/C13H18N2O6/c1-6-9(17)10(18)11(19)13(21-6)15-14-12(20)7-2-4-8(16)5-3-7/h2-6,9-11,13,15-19H,1H3,(H,14,20)/t6-,9+,10+,11+,13-/m1/s1. The van der Waals surface area contributed by atoms with E-state index in [-0.39, 0.29) is 5.75 Å². The van der Waals surface area contributed by atoms with Crippen LogP contribution in [-0.2, 0) is 4.74 Å². The van der Waals surface area contributed by atoms with Gasteiger partial charge in [0.1, 0.15) is 24.1 Å². The number of hydrazine groups is 1. The second-order valence-electron chi connectivity index (χ2n) is 4.88. The van der Waals surface area contributed by atoms with Crippen LogP contribution in [0.3, 0.4) is 0 Å². The van der Waals surface area contributed by atoms with Crippen molar-refractivity contribution in [3.05, 3.63) is 29.8 Å². The van der Waals surface area contributed by atoms with Crippen LogP contribution in [0.25, 0.3) is 0 Å². The highest BCUT2D eigenvalue weighted by Gasteiger charge is 2.41. The Bertz CT molecular complexity index is 494. The molecule has 21 heavy (non-hydrogen) atoms. The molecule has 1 amide bonds. The number of rotatable bonds is 3. The lowest BCUT2D eigenvalue weighted by atomic mass is 9.99. The van der Waals surface area contributed by atoms with Crippen LogP contribution < -0.4 is 10.9 Å². The average molecular weight is 298 g/mol. The van der Waals surface area contributed by atoms with Gasteiger partial charge in [0.25, 0.3) is 5.91 Å². The molecule has 0 aliphatic carbocycles. The molecular weight excluding hydrogens is 280 g/mol. The van der Waals surface area contributed by atoms with Gasteiger partial charge in [-0.05, 0) is 31.2 Å². The summed E-state index contributed by atoms with van der Waals surface area (Å²) in [5.74, 6) is -0.462. The summed E-state index contributed by atoms with van der Waals surface area (Å²) in [5.41, 5.74) is 5.08. The van der Waals surface area contributed by atoms with Crippen LogP contribution >= 0.6 is 0 Å². The minimum Gasteiger partial charge on any atom is -0.508 e. The molecule has 2 rings (SSSR count). The lowest BCUT2D eigenvalue weighted by Gasteiger charge is -2.39. The highest BCUT2D eigenvalue weighted by molar-refractivity contribution is 5.93. The summed E-state index contributed by atoms with van der Waals surface area (Å²) in [5, 5.41) is 38.1. The van der Waals surface area contributed by atoms with E-state index in [0.29, 0.717) is 5.56 Å². The summed E-state index contributed by atoms with van der Waals surface area (Å²) < 4.78 is 5.26. The predicted molar refractivity (Wildman–Crippen MR) is 71.1 cm³/mol. The lowest BCUT2D eigenvalue weighted by molar-refractivity contribution is -0.226. The molecule has 1 aromatic carbocycles. The number of aliphatic hydroxyl groups is 3. The fourth-order valence-electron chi connectivity index (χ4n) is 1.99. The maximum atomic E-state index is 11.8. The maximum absolute atomic E-state index is 11.8. The summed E-state index contributed by atoms with van der Waals surface area (Å²) in [6.45, 7) is 1.54. The minimum atomic E-state index is -1.39. The number of benzene rings is 1. The SMILES string of the molecule is C[C@H]1O[C@@H](NNC(=O)c2ccc(O)cc2)[C@@H](O)[C@@H](O)[C@H]1O. The Labute approximate surface area is 121 Å². The Kier molecular flexibility index (Phi) is 4.76. The molecule has 0 radical (unpaired) electrons. The summed E-state index contributed by atoms with van der Waals surface area (Å²) in [7, 11) is 0. The van der Waals surface area contributed by atoms with Crippen LogP contribution in [0.1, 0.15) is 17.3 Å². The molecule has 5 atom stereocenters. The zero-order valence-electron chi connectivity index (χ0n) is 11.3. The van der Waals surface area contributed by atoms with Gasteiger partial charge >= 0.3 is 0 Å². The molecule has 0 spiro atoms. The zero-order chi connectivity index (χ0) is 15.6. The third-order valence-corrected chi connectivity index (χ3v) is 3.31. The second kappa shape index (κ2) is 6.37. The summed E-state index contributed by atoms with van der Waals surface area (Å²) in [6.07, 6.45) is -5.73. The maximum Gasteiger partial charge on any atom is 0.265 e. The van der Waals surface area contributed by atoms with E-state index >= 15 is 0 Å². The van der Waals surface area contributed by atoms with Crippen LogP contribution in [-0.4, -0.2) is 57.0 Å². The van der Waals surface area contributed by atoms with E-state index in [4.69, 9.17) is 9.84 Å². The van der Waals surface area contributed by atoms with Crippen molar-refractivity contribution >= 4 is 5.91 Å². The number of hydrogen-bond acceptors (Lipinski definition) is 7. The smallest absolute Gasteiger partial charge is 0.265 e. The normalized spacial score (nSPS) is 32.7. The predicted octanol–water partition coefficient (Wildman–Crippen LogP) is -1.55. The highest BCUT2D eigenvalue weighted by atomic mass is 16.5. The van der Waals surface area contributed by atoms with E-state index in [1.54, 1.807) is 0 Å². The summed E-state index contributed by atoms with van der Waals surface area (Å²) in [6, 6.07) is 5.57. The second-order valence-corrected chi connectivity index (χ2v) is 4.88. The van der Waals surface area contributed by atoms with E-state index in [9.17, 15) is 20.1 Å². The quantitative estimate of drug-likeness (QED) is 0.373.